The first-order valence-electron chi connectivity index (χ1n) is 9.25. The second-order valence-electron chi connectivity index (χ2n) is 6.71. The van der Waals surface area contributed by atoms with Crippen molar-refractivity contribution in [2.45, 2.75) is 19.5 Å². The number of amides is 1. The highest BCUT2D eigenvalue weighted by Crippen LogP contribution is 2.10. The van der Waals surface area contributed by atoms with Gasteiger partial charge in [-0.3, -0.25) is 9.69 Å². The average Bonchev–Trinajstić information content (AvgIpc) is 2.69. The zero-order chi connectivity index (χ0) is 18.0. The van der Waals surface area contributed by atoms with Crippen molar-refractivity contribution in [3.8, 4) is 0 Å². The molecular formula is C22H29Cl2N3O. The maximum Gasteiger partial charge on any atom is 0.234 e. The van der Waals surface area contributed by atoms with Crippen LogP contribution in [0, 0.1) is 0 Å². The first-order valence-corrected chi connectivity index (χ1v) is 9.25. The Balaban J connectivity index is 0.00000196. The normalized spacial score (nSPS) is 13.1. The molecule has 28 heavy (non-hydrogen) atoms. The molecule has 0 saturated carbocycles. The molecule has 0 spiro atoms. The summed E-state index contributed by atoms with van der Waals surface area (Å²) in [4.78, 5) is 14.7. The Labute approximate surface area is 180 Å². The molecule has 0 atom stereocenters. The van der Waals surface area contributed by atoms with Gasteiger partial charge in [-0.1, -0.05) is 72.3 Å². The molecule has 0 unspecified atom stereocenters. The summed E-state index contributed by atoms with van der Waals surface area (Å²) in [6, 6.07) is 20.6. The van der Waals surface area contributed by atoms with E-state index in [2.05, 4.69) is 45.9 Å². The van der Waals surface area contributed by atoms with Crippen LogP contribution in [0.2, 0.25) is 0 Å². The summed E-state index contributed by atoms with van der Waals surface area (Å²) in [6.07, 6.45) is 3.19. The Bertz CT molecular complexity index is 682. The molecule has 1 heterocycles. The van der Waals surface area contributed by atoms with Gasteiger partial charge in [-0.05, 0) is 24.1 Å². The summed E-state index contributed by atoms with van der Waals surface area (Å²) in [5.41, 5.74) is 3.75. The van der Waals surface area contributed by atoms with Crippen LogP contribution in [0.5, 0.6) is 0 Å². The van der Waals surface area contributed by atoms with E-state index in [9.17, 15) is 4.79 Å². The molecule has 6 heteroatoms. The van der Waals surface area contributed by atoms with E-state index >= 15 is 0 Å². The summed E-state index contributed by atoms with van der Waals surface area (Å²) in [5.74, 6) is 0.0799. The van der Waals surface area contributed by atoms with Crippen LogP contribution in [-0.4, -0.2) is 37.0 Å². The third-order valence-corrected chi connectivity index (χ3v) is 4.54. The van der Waals surface area contributed by atoms with Crippen LogP contribution in [0.4, 0.5) is 0 Å². The highest BCUT2D eigenvalue weighted by molar-refractivity contribution is 5.85. The Hall–Kier alpha value is -1.85. The average molecular weight is 422 g/mol. The highest BCUT2D eigenvalue weighted by Gasteiger charge is 2.13. The molecule has 2 aromatic rings. The lowest BCUT2D eigenvalue weighted by Crippen LogP contribution is -2.38. The molecule has 0 fully saturated rings. The van der Waals surface area contributed by atoms with Crippen molar-refractivity contribution in [2.75, 3.05) is 26.2 Å². The fourth-order valence-corrected chi connectivity index (χ4v) is 3.15. The number of carbonyl (C=O) groups is 1. The van der Waals surface area contributed by atoms with E-state index in [1.165, 1.54) is 16.7 Å². The van der Waals surface area contributed by atoms with Crippen LogP contribution < -0.4 is 10.6 Å². The van der Waals surface area contributed by atoms with Crippen LogP contribution in [0.25, 0.3) is 0 Å². The number of carbonyl (C=O) groups excluding carboxylic acids is 1. The summed E-state index contributed by atoms with van der Waals surface area (Å²) >= 11 is 0. The number of benzene rings is 2. The first-order chi connectivity index (χ1) is 12.8. The SMILES string of the molecule is Cl.Cl.O=C(CN(Cc1ccccc1)Cc1ccccc1)NCC1=CCNCC1. The molecule has 0 aromatic heterocycles. The van der Waals surface area contributed by atoms with Gasteiger partial charge in [0.05, 0.1) is 6.54 Å². The predicted octanol–water partition coefficient (Wildman–Crippen LogP) is 3.57. The Morgan fingerprint density at radius 3 is 2.00 bits per heavy atom. The molecule has 0 bridgehead atoms. The van der Waals surface area contributed by atoms with Crippen molar-refractivity contribution >= 4 is 30.7 Å². The van der Waals surface area contributed by atoms with Crippen molar-refractivity contribution < 1.29 is 4.79 Å². The van der Waals surface area contributed by atoms with Crippen LogP contribution in [0.1, 0.15) is 17.5 Å². The summed E-state index contributed by atoms with van der Waals surface area (Å²) < 4.78 is 0. The van der Waals surface area contributed by atoms with E-state index in [0.717, 1.165) is 32.6 Å². The van der Waals surface area contributed by atoms with E-state index in [1.54, 1.807) is 0 Å². The van der Waals surface area contributed by atoms with Gasteiger partial charge in [0, 0.05) is 26.2 Å². The van der Waals surface area contributed by atoms with Crippen LogP contribution in [0.3, 0.4) is 0 Å². The molecule has 1 aliphatic heterocycles. The molecule has 3 rings (SSSR count). The Morgan fingerprint density at radius 2 is 1.50 bits per heavy atom. The van der Waals surface area contributed by atoms with Gasteiger partial charge < -0.3 is 10.6 Å². The van der Waals surface area contributed by atoms with Crippen LogP contribution >= 0.6 is 24.8 Å². The van der Waals surface area contributed by atoms with E-state index in [0.29, 0.717) is 13.1 Å². The number of nitrogens with zero attached hydrogens (tertiary/aromatic N) is 1. The number of rotatable bonds is 8. The first kappa shape index (κ1) is 24.2. The number of hydrogen-bond donors (Lipinski definition) is 2. The van der Waals surface area contributed by atoms with Crippen molar-refractivity contribution in [2.24, 2.45) is 0 Å². The maximum atomic E-state index is 12.5. The number of nitrogens with one attached hydrogen (secondary N) is 2. The van der Waals surface area contributed by atoms with Gasteiger partial charge in [-0.2, -0.15) is 0 Å². The van der Waals surface area contributed by atoms with Gasteiger partial charge in [0.15, 0.2) is 0 Å². The van der Waals surface area contributed by atoms with Crippen molar-refractivity contribution in [3.63, 3.8) is 0 Å². The van der Waals surface area contributed by atoms with E-state index in [-0.39, 0.29) is 30.7 Å². The maximum absolute atomic E-state index is 12.5. The second kappa shape index (κ2) is 13.3. The van der Waals surface area contributed by atoms with E-state index in [4.69, 9.17) is 0 Å². The summed E-state index contributed by atoms with van der Waals surface area (Å²) in [5, 5.41) is 6.37. The molecule has 0 radical (unpaired) electrons. The van der Waals surface area contributed by atoms with Gasteiger partial charge in [-0.25, -0.2) is 0 Å². The third kappa shape index (κ3) is 8.44. The molecule has 1 aliphatic rings. The molecule has 152 valence electrons. The second-order valence-corrected chi connectivity index (χ2v) is 6.71. The van der Waals surface area contributed by atoms with Crippen molar-refractivity contribution in [1.29, 1.82) is 0 Å². The molecule has 2 N–H and O–H groups in total. The fourth-order valence-electron chi connectivity index (χ4n) is 3.15. The largest absolute Gasteiger partial charge is 0.351 e. The fraction of sp³-hybridized carbons (Fsp3) is 0.318. The Kier molecular flexibility index (Phi) is 11.5. The van der Waals surface area contributed by atoms with Gasteiger partial charge in [-0.15, -0.1) is 24.8 Å². The minimum Gasteiger partial charge on any atom is -0.351 e. The summed E-state index contributed by atoms with van der Waals surface area (Å²) in [7, 11) is 0. The highest BCUT2D eigenvalue weighted by atomic mass is 35.5. The standard InChI is InChI=1S/C22H27N3O.2ClH/c26-22(24-15-19-11-13-23-14-12-19)18-25(16-20-7-3-1-4-8-20)17-21-9-5-2-6-10-21;;/h1-11,23H,12-18H2,(H,24,26);2*1H. The van der Waals surface area contributed by atoms with Crippen molar-refractivity contribution in [1.82, 2.24) is 15.5 Å². The zero-order valence-corrected chi connectivity index (χ0v) is 17.6. The predicted molar refractivity (Wildman–Crippen MR) is 120 cm³/mol. The van der Waals surface area contributed by atoms with Crippen LogP contribution in [0.15, 0.2) is 72.3 Å². The quantitative estimate of drug-likeness (QED) is 0.640. The minimum atomic E-state index is 0. The van der Waals surface area contributed by atoms with E-state index in [1.807, 2.05) is 36.4 Å². The minimum absolute atomic E-state index is 0. The van der Waals surface area contributed by atoms with Gasteiger partial charge in [0.25, 0.3) is 0 Å². The zero-order valence-electron chi connectivity index (χ0n) is 16.0. The molecule has 1 amide bonds. The molecular weight excluding hydrogens is 393 g/mol. The number of hydrogen-bond acceptors (Lipinski definition) is 3. The summed E-state index contributed by atoms with van der Waals surface area (Å²) in [6.45, 7) is 4.47. The molecule has 4 nitrogen and oxygen atoms in total. The van der Waals surface area contributed by atoms with E-state index < -0.39 is 0 Å². The Morgan fingerprint density at radius 1 is 0.929 bits per heavy atom. The molecule has 0 aliphatic carbocycles. The topological polar surface area (TPSA) is 44.4 Å². The smallest absolute Gasteiger partial charge is 0.234 e. The van der Waals surface area contributed by atoms with Gasteiger partial charge in [0.1, 0.15) is 0 Å². The lowest BCUT2D eigenvalue weighted by atomic mass is 10.1. The van der Waals surface area contributed by atoms with Crippen molar-refractivity contribution in [3.05, 3.63) is 83.4 Å². The lowest BCUT2D eigenvalue weighted by molar-refractivity contribution is -0.122. The van der Waals surface area contributed by atoms with Gasteiger partial charge in [0.2, 0.25) is 5.91 Å². The molecule has 0 saturated heterocycles. The molecule has 2 aromatic carbocycles. The third-order valence-electron chi connectivity index (χ3n) is 4.54. The lowest BCUT2D eigenvalue weighted by Gasteiger charge is -2.22. The van der Waals surface area contributed by atoms with Crippen LogP contribution in [-0.2, 0) is 17.9 Å². The van der Waals surface area contributed by atoms with Gasteiger partial charge >= 0.3 is 0 Å². The monoisotopic (exact) mass is 421 g/mol. The number of halogens is 2.